The molecule has 0 saturated heterocycles. The van der Waals surface area contributed by atoms with Crippen LogP contribution >= 0.6 is 15.9 Å². The van der Waals surface area contributed by atoms with E-state index in [9.17, 15) is 0 Å². The van der Waals surface area contributed by atoms with Gasteiger partial charge in [-0.15, -0.1) is 0 Å². The maximum absolute atomic E-state index is 3.63. The van der Waals surface area contributed by atoms with E-state index in [2.05, 4.69) is 57.9 Å². The first-order valence-corrected chi connectivity index (χ1v) is 7.64. The summed E-state index contributed by atoms with van der Waals surface area (Å²) in [5.41, 5.74) is 1.92. The Morgan fingerprint density at radius 1 is 1.22 bits per heavy atom. The lowest BCUT2D eigenvalue weighted by molar-refractivity contribution is 0.131. The maximum atomic E-state index is 3.63. The van der Waals surface area contributed by atoms with E-state index in [0.29, 0.717) is 5.41 Å². The summed E-state index contributed by atoms with van der Waals surface area (Å²) in [5.74, 6) is 0. The van der Waals surface area contributed by atoms with Gasteiger partial charge in [0.1, 0.15) is 0 Å². The van der Waals surface area contributed by atoms with Gasteiger partial charge in [0.2, 0.25) is 0 Å². The Morgan fingerprint density at radius 2 is 2.00 bits per heavy atom. The summed E-state index contributed by atoms with van der Waals surface area (Å²) in [6.07, 6.45) is 5.23. The molecule has 1 fully saturated rings. The SMILES string of the molecule is CNCC1(CNCCc2ccccc2Br)CCC1. The summed E-state index contributed by atoms with van der Waals surface area (Å²) in [4.78, 5) is 0. The number of halogens is 1. The third kappa shape index (κ3) is 3.56. The van der Waals surface area contributed by atoms with E-state index in [0.717, 1.165) is 26.1 Å². The summed E-state index contributed by atoms with van der Waals surface area (Å²) in [5, 5.41) is 6.96. The highest BCUT2D eigenvalue weighted by molar-refractivity contribution is 9.10. The summed E-state index contributed by atoms with van der Waals surface area (Å²) in [6.45, 7) is 3.36. The lowest BCUT2D eigenvalue weighted by atomic mass is 9.68. The molecular weight excluding hydrogens is 288 g/mol. The third-order valence-electron chi connectivity index (χ3n) is 3.99. The van der Waals surface area contributed by atoms with Crippen LogP contribution < -0.4 is 10.6 Å². The van der Waals surface area contributed by atoms with Crippen LogP contribution in [0.25, 0.3) is 0 Å². The van der Waals surface area contributed by atoms with Crippen molar-refractivity contribution in [2.75, 3.05) is 26.7 Å². The van der Waals surface area contributed by atoms with Crippen LogP contribution in [-0.4, -0.2) is 26.7 Å². The van der Waals surface area contributed by atoms with Crippen LogP contribution in [-0.2, 0) is 6.42 Å². The molecule has 0 atom stereocenters. The number of hydrogen-bond donors (Lipinski definition) is 2. The quantitative estimate of drug-likeness (QED) is 0.757. The van der Waals surface area contributed by atoms with Crippen molar-refractivity contribution in [1.29, 1.82) is 0 Å². The average molecular weight is 311 g/mol. The molecule has 0 heterocycles. The van der Waals surface area contributed by atoms with Gasteiger partial charge >= 0.3 is 0 Å². The van der Waals surface area contributed by atoms with Crippen molar-refractivity contribution in [3.8, 4) is 0 Å². The van der Waals surface area contributed by atoms with Crippen molar-refractivity contribution in [3.63, 3.8) is 0 Å². The second-order valence-electron chi connectivity index (χ2n) is 5.40. The topological polar surface area (TPSA) is 24.1 Å². The minimum Gasteiger partial charge on any atom is -0.319 e. The molecule has 2 rings (SSSR count). The third-order valence-corrected chi connectivity index (χ3v) is 4.77. The molecule has 0 bridgehead atoms. The molecule has 0 radical (unpaired) electrons. The van der Waals surface area contributed by atoms with Crippen molar-refractivity contribution >= 4 is 15.9 Å². The van der Waals surface area contributed by atoms with Crippen LogP contribution in [0.2, 0.25) is 0 Å². The predicted octanol–water partition coefficient (Wildman–Crippen LogP) is 2.97. The lowest BCUT2D eigenvalue weighted by Gasteiger charge is -2.42. The minimum absolute atomic E-state index is 0.530. The van der Waals surface area contributed by atoms with E-state index in [1.807, 2.05) is 0 Å². The van der Waals surface area contributed by atoms with Gasteiger partial charge in [-0.1, -0.05) is 40.5 Å². The molecule has 100 valence electrons. The van der Waals surface area contributed by atoms with Crippen LogP contribution in [0.15, 0.2) is 28.7 Å². The molecule has 0 unspecified atom stereocenters. The number of hydrogen-bond acceptors (Lipinski definition) is 2. The number of nitrogens with one attached hydrogen (secondary N) is 2. The molecular formula is C15H23BrN2. The van der Waals surface area contributed by atoms with E-state index >= 15 is 0 Å². The van der Waals surface area contributed by atoms with E-state index in [4.69, 9.17) is 0 Å². The summed E-state index contributed by atoms with van der Waals surface area (Å²) in [7, 11) is 2.06. The van der Waals surface area contributed by atoms with Gasteiger partial charge in [0.05, 0.1) is 0 Å². The molecule has 0 aromatic heterocycles. The molecule has 0 aliphatic heterocycles. The summed E-state index contributed by atoms with van der Waals surface area (Å²) < 4.78 is 1.22. The Bertz CT molecular complexity index is 375. The zero-order valence-corrected chi connectivity index (χ0v) is 12.7. The van der Waals surface area contributed by atoms with E-state index in [-0.39, 0.29) is 0 Å². The van der Waals surface area contributed by atoms with Crippen molar-refractivity contribution in [3.05, 3.63) is 34.3 Å². The molecule has 1 aromatic rings. The Balaban J connectivity index is 1.71. The van der Waals surface area contributed by atoms with Gasteiger partial charge in [0.15, 0.2) is 0 Å². The van der Waals surface area contributed by atoms with Gasteiger partial charge in [-0.05, 0) is 49.9 Å². The van der Waals surface area contributed by atoms with Gasteiger partial charge in [-0.25, -0.2) is 0 Å². The Morgan fingerprint density at radius 3 is 2.61 bits per heavy atom. The highest BCUT2D eigenvalue weighted by Crippen LogP contribution is 2.39. The zero-order chi connectivity index (χ0) is 12.8. The van der Waals surface area contributed by atoms with Gasteiger partial charge in [-0.3, -0.25) is 0 Å². The molecule has 3 heteroatoms. The Hall–Kier alpha value is -0.380. The molecule has 2 nitrogen and oxygen atoms in total. The number of rotatable bonds is 7. The first-order valence-electron chi connectivity index (χ1n) is 6.84. The van der Waals surface area contributed by atoms with Gasteiger partial charge in [0, 0.05) is 17.6 Å². The average Bonchev–Trinajstić information content (AvgIpc) is 2.33. The van der Waals surface area contributed by atoms with E-state index in [1.165, 1.54) is 29.3 Å². The summed E-state index contributed by atoms with van der Waals surface area (Å²) >= 11 is 3.60. The first kappa shape index (κ1) is 14.0. The van der Waals surface area contributed by atoms with Crippen LogP contribution in [0.5, 0.6) is 0 Å². The van der Waals surface area contributed by atoms with Crippen LogP contribution in [0.1, 0.15) is 24.8 Å². The first-order chi connectivity index (χ1) is 8.76. The second kappa shape index (κ2) is 6.69. The normalized spacial score (nSPS) is 17.4. The molecule has 1 aromatic carbocycles. The van der Waals surface area contributed by atoms with Crippen molar-refractivity contribution in [2.24, 2.45) is 5.41 Å². The fraction of sp³-hybridized carbons (Fsp3) is 0.600. The van der Waals surface area contributed by atoms with Gasteiger partial charge in [0.25, 0.3) is 0 Å². The van der Waals surface area contributed by atoms with Crippen molar-refractivity contribution < 1.29 is 0 Å². The molecule has 1 aliphatic carbocycles. The Labute approximate surface area is 119 Å². The summed E-state index contributed by atoms with van der Waals surface area (Å²) in [6, 6.07) is 8.48. The van der Waals surface area contributed by atoms with Crippen LogP contribution in [0.3, 0.4) is 0 Å². The predicted molar refractivity (Wildman–Crippen MR) is 80.9 cm³/mol. The zero-order valence-electron chi connectivity index (χ0n) is 11.1. The Kier molecular flexibility index (Phi) is 5.22. The molecule has 0 amide bonds. The van der Waals surface area contributed by atoms with Gasteiger partial charge < -0.3 is 10.6 Å². The maximum Gasteiger partial charge on any atom is 0.0207 e. The molecule has 2 N–H and O–H groups in total. The van der Waals surface area contributed by atoms with Crippen molar-refractivity contribution in [1.82, 2.24) is 10.6 Å². The number of benzene rings is 1. The highest BCUT2D eigenvalue weighted by Gasteiger charge is 2.35. The smallest absolute Gasteiger partial charge is 0.0207 e. The lowest BCUT2D eigenvalue weighted by Crippen LogP contribution is -2.46. The standard InChI is InChI=1S/C15H23BrN2/c1-17-11-15(8-4-9-15)12-18-10-7-13-5-2-3-6-14(13)16/h2-3,5-6,17-18H,4,7-12H2,1H3. The fourth-order valence-electron chi connectivity index (χ4n) is 2.75. The minimum atomic E-state index is 0.530. The molecule has 0 spiro atoms. The fourth-order valence-corrected chi connectivity index (χ4v) is 3.23. The van der Waals surface area contributed by atoms with E-state index in [1.54, 1.807) is 0 Å². The second-order valence-corrected chi connectivity index (χ2v) is 6.26. The molecule has 1 aliphatic rings. The largest absolute Gasteiger partial charge is 0.319 e. The molecule has 18 heavy (non-hydrogen) atoms. The molecule has 1 saturated carbocycles. The van der Waals surface area contributed by atoms with E-state index < -0.39 is 0 Å². The van der Waals surface area contributed by atoms with Crippen LogP contribution in [0, 0.1) is 5.41 Å². The highest BCUT2D eigenvalue weighted by atomic mass is 79.9. The van der Waals surface area contributed by atoms with Crippen molar-refractivity contribution in [2.45, 2.75) is 25.7 Å². The monoisotopic (exact) mass is 310 g/mol. The van der Waals surface area contributed by atoms with Gasteiger partial charge in [-0.2, -0.15) is 0 Å². The van der Waals surface area contributed by atoms with Crippen LogP contribution in [0.4, 0.5) is 0 Å².